The largest absolute Gasteiger partial charge is 0.357 e. The van der Waals surface area contributed by atoms with Crippen molar-refractivity contribution in [2.45, 2.75) is 18.9 Å². The van der Waals surface area contributed by atoms with Gasteiger partial charge in [-0.25, -0.2) is 0 Å². The molecule has 0 saturated carbocycles. The molecule has 2 N–H and O–H groups in total. The van der Waals surface area contributed by atoms with E-state index in [0.29, 0.717) is 6.54 Å². The van der Waals surface area contributed by atoms with Crippen LogP contribution in [0.5, 0.6) is 0 Å². The average molecular weight is 268 g/mol. The van der Waals surface area contributed by atoms with Crippen molar-refractivity contribution in [3.8, 4) is 12.3 Å². The lowest BCUT2D eigenvalue weighted by atomic mass is 9.98. The lowest BCUT2D eigenvalue weighted by Crippen LogP contribution is -2.48. The van der Waals surface area contributed by atoms with Gasteiger partial charge in [-0.2, -0.15) is 11.8 Å². The quantitative estimate of drug-likeness (QED) is 0.435. The number of terminal acetylenes is 1. The Morgan fingerprint density at radius 1 is 1.50 bits per heavy atom. The molecule has 1 saturated heterocycles. The van der Waals surface area contributed by atoms with E-state index >= 15 is 0 Å². The third-order valence-corrected chi connectivity index (χ3v) is 4.50. The minimum atomic E-state index is 0.198. The zero-order valence-corrected chi connectivity index (χ0v) is 12.4. The van der Waals surface area contributed by atoms with Crippen molar-refractivity contribution in [1.29, 1.82) is 0 Å². The number of aliphatic imine (C=N–C) groups is 1. The minimum Gasteiger partial charge on any atom is -0.357 e. The molecule has 5 heteroatoms. The summed E-state index contributed by atoms with van der Waals surface area (Å²) in [6, 6.07) is 0. The van der Waals surface area contributed by atoms with Gasteiger partial charge in [0, 0.05) is 17.8 Å². The highest BCUT2D eigenvalue weighted by atomic mass is 32.2. The molecule has 102 valence electrons. The molecule has 0 amide bonds. The first-order valence-corrected chi connectivity index (χ1v) is 7.51. The van der Waals surface area contributed by atoms with E-state index < -0.39 is 0 Å². The third kappa shape index (κ3) is 4.11. The molecule has 0 aromatic heterocycles. The van der Waals surface area contributed by atoms with Crippen molar-refractivity contribution in [3.05, 3.63) is 0 Å². The van der Waals surface area contributed by atoms with Crippen LogP contribution in [-0.2, 0) is 0 Å². The first-order chi connectivity index (χ1) is 8.64. The summed E-state index contributed by atoms with van der Waals surface area (Å²) >= 11 is 2.01. The normalized spacial score (nSPS) is 24.1. The number of thioether (sulfide) groups is 1. The van der Waals surface area contributed by atoms with Gasteiger partial charge >= 0.3 is 0 Å². The van der Waals surface area contributed by atoms with Gasteiger partial charge in [-0.15, -0.1) is 6.42 Å². The summed E-state index contributed by atoms with van der Waals surface area (Å²) in [5.74, 6) is 5.76. The fourth-order valence-corrected chi connectivity index (χ4v) is 3.46. The van der Waals surface area contributed by atoms with Crippen LogP contribution >= 0.6 is 11.8 Å². The molecule has 0 aliphatic carbocycles. The van der Waals surface area contributed by atoms with Crippen LogP contribution in [0.15, 0.2) is 4.99 Å². The van der Waals surface area contributed by atoms with E-state index in [1.807, 2.05) is 11.8 Å². The average Bonchev–Trinajstić information content (AvgIpc) is 2.83. The van der Waals surface area contributed by atoms with E-state index in [1.54, 1.807) is 0 Å². The summed E-state index contributed by atoms with van der Waals surface area (Å²) in [4.78, 5) is 6.98. The van der Waals surface area contributed by atoms with E-state index in [2.05, 4.69) is 47.5 Å². The highest BCUT2D eigenvalue weighted by Crippen LogP contribution is 2.32. The SMILES string of the molecule is C#CCNC(=NCC1(N(C)C)CCSC1)NCC. The molecule has 0 radical (unpaired) electrons. The van der Waals surface area contributed by atoms with Gasteiger partial charge in [0.05, 0.1) is 13.1 Å². The van der Waals surface area contributed by atoms with Gasteiger partial charge in [0.1, 0.15) is 0 Å². The maximum Gasteiger partial charge on any atom is 0.192 e. The Hall–Kier alpha value is -0.860. The molecule has 0 bridgehead atoms. The van der Waals surface area contributed by atoms with Gasteiger partial charge < -0.3 is 15.5 Å². The van der Waals surface area contributed by atoms with Gasteiger partial charge in [0.2, 0.25) is 0 Å². The van der Waals surface area contributed by atoms with Gasteiger partial charge in [0.15, 0.2) is 5.96 Å². The lowest BCUT2D eigenvalue weighted by Gasteiger charge is -2.34. The summed E-state index contributed by atoms with van der Waals surface area (Å²) in [5, 5.41) is 6.34. The van der Waals surface area contributed by atoms with Gasteiger partial charge in [-0.1, -0.05) is 5.92 Å². The molecule has 18 heavy (non-hydrogen) atoms. The molecule has 1 rings (SSSR count). The smallest absolute Gasteiger partial charge is 0.192 e. The fraction of sp³-hybridized carbons (Fsp3) is 0.769. The molecule has 0 aromatic carbocycles. The Morgan fingerprint density at radius 3 is 2.78 bits per heavy atom. The number of nitrogens with one attached hydrogen (secondary N) is 2. The Morgan fingerprint density at radius 2 is 2.28 bits per heavy atom. The van der Waals surface area contributed by atoms with Crippen molar-refractivity contribution in [1.82, 2.24) is 15.5 Å². The van der Waals surface area contributed by atoms with E-state index in [1.165, 1.54) is 12.2 Å². The Kier molecular flexibility index (Phi) is 6.37. The van der Waals surface area contributed by atoms with Crippen LogP contribution < -0.4 is 10.6 Å². The van der Waals surface area contributed by atoms with Gasteiger partial charge in [-0.05, 0) is 33.2 Å². The number of hydrogen-bond acceptors (Lipinski definition) is 3. The highest BCUT2D eigenvalue weighted by molar-refractivity contribution is 7.99. The second-order valence-electron chi connectivity index (χ2n) is 4.67. The Bertz CT molecular complexity index is 313. The van der Waals surface area contributed by atoms with Gasteiger partial charge in [-0.3, -0.25) is 4.99 Å². The molecule has 0 spiro atoms. The van der Waals surface area contributed by atoms with Crippen molar-refractivity contribution < 1.29 is 0 Å². The summed E-state index contributed by atoms with van der Waals surface area (Å²) in [7, 11) is 4.28. The highest BCUT2D eigenvalue weighted by Gasteiger charge is 2.36. The van der Waals surface area contributed by atoms with Crippen LogP contribution in [0.25, 0.3) is 0 Å². The van der Waals surface area contributed by atoms with Crippen LogP contribution in [0.3, 0.4) is 0 Å². The third-order valence-electron chi connectivity index (χ3n) is 3.26. The minimum absolute atomic E-state index is 0.198. The number of rotatable bonds is 5. The second kappa shape index (κ2) is 7.55. The van der Waals surface area contributed by atoms with E-state index in [0.717, 1.165) is 24.8 Å². The maximum absolute atomic E-state index is 5.26. The zero-order chi connectivity index (χ0) is 13.4. The standard InChI is InChI=1S/C13H24N4S/c1-5-8-15-12(14-6-2)16-10-13(17(3)4)7-9-18-11-13/h1H,6-11H2,2-4H3,(H2,14,15,16). The van der Waals surface area contributed by atoms with Gasteiger partial charge in [0.25, 0.3) is 0 Å². The van der Waals surface area contributed by atoms with Crippen LogP contribution in [-0.4, -0.2) is 61.6 Å². The molecule has 1 unspecified atom stereocenters. The number of hydrogen-bond donors (Lipinski definition) is 2. The fourth-order valence-electron chi connectivity index (χ4n) is 1.92. The Balaban J connectivity index is 2.64. The molecule has 1 fully saturated rings. The molecule has 0 aromatic rings. The lowest BCUT2D eigenvalue weighted by molar-refractivity contribution is 0.190. The van der Waals surface area contributed by atoms with E-state index in [-0.39, 0.29) is 5.54 Å². The molecule has 1 aliphatic heterocycles. The number of guanidine groups is 1. The van der Waals surface area contributed by atoms with E-state index in [9.17, 15) is 0 Å². The number of likely N-dealkylation sites (N-methyl/N-ethyl adjacent to an activating group) is 1. The molecule has 1 atom stereocenters. The van der Waals surface area contributed by atoms with Crippen LogP contribution in [0.1, 0.15) is 13.3 Å². The Labute approximate surface area is 115 Å². The predicted octanol–water partition coefficient (Wildman–Crippen LogP) is 0.612. The molecule has 4 nitrogen and oxygen atoms in total. The van der Waals surface area contributed by atoms with Crippen molar-refractivity contribution in [2.75, 3.05) is 45.2 Å². The summed E-state index contributed by atoms with van der Waals surface area (Å²) in [6.07, 6.45) is 6.46. The van der Waals surface area contributed by atoms with Crippen molar-refractivity contribution in [2.24, 2.45) is 4.99 Å². The van der Waals surface area contributed by atoms with E-state index in [4.69, 9.17) is 6.42 Å². The molecule has 1 aliphatic rings. The molecule has 1 heterocycles. The van der Waals surface area contributed by atoms with Crippen LogP contribution in [0.4, 0.5) is 0 Å². The maximum atomic E-state index is 5.26. The summed E-state index contributed by atoms with van der Waals surface area (Å²) in [6.45, 7) is 4.22. The molecular weight excluding hydrogens is 244 g/mol. The zero-order valence-electron chi connectivity index (χ0n) is 11.6. The first kappa shape index (κ1) is 15.2. The van der Waals surface area contributed by atoms with Crippen LogP contribution in [0.2, 0.25) is 0 Å². The second-order valence-corrected chi connectivity index (χ2v) is 5.78. The summed E-state index contributed by atoms with van der Waals surface area (Å²) in [5.41, 5.74) is 0.198. The van der Waals surface area contributed by atoms with Crippen molar-refractivity contribution >= 4 is 17.7 Å². The van der Waals surface area contributed by atoms with Crippen LogP contribution in [0, 0.1) is 12.3 Å². The van der Waals surface area contributed by atoms with Crippen molar-refractivity contribution in [3.63, 3.8) is 0 Å². The molecular formula is C13H24N4S. The topological polar surface area (TPSA) is 39.7 Å². The first-order valence-electron chi connectivity index (χ1n) is 6.35. The number of nitrogens with zero attached hydrogens (tertiary/aromatic N) is 2. The summed E-state index contributed by atoms with van der Waals surface area (Å²) < 4.78 is 0. The predicted molar refractivity (Wildman–Crippen MR) is 81.2 cm³/mol. The monoisotopic (exact) mass is 268 g/mol.